The molecule has 8 radical (unpaired) electrons. The van der Waals surface area contributed by atoms with Gasteiger partial charge < -0.3 is 62.1 Å². The molecular weight excluding hydrogens is 1610 g/mol. The van der Waals surface area contributed by atoms with E-state index in [-0.39, 0.29) is 107 Å². The molecule has 26 heteroatoms. The first-order chi connectivity index (χ1) is 60.0. The van der Waals surface area contributed by atoms with Gasteiger partial charge in [-0.25, -0.2) is 9.59 Å². The molecule has 0 aliphatic rings. The molecule has 0 spiro atoms. The summed E-state index contributed by atoms with van der Waals surface area (Å²) in [7, 11) is 29.2. The summed E-state index contributed by atoms with van der Waals surface area (Å²) in [5.41, 5.74) is 9.25. The second-order valence-corrected chi connectivity index (χ2v) is 30.7. The lowest BCUT2D eigenvalue weighted by Gasteiger charge is -2.27. The van der Waals surface area contributed by atoms with Crippen molar-refractivity contribution in [3.05, 3.63) is 189 Å². The van der Waals surface area contributed by atoms with Gasteiger partial charge in [0.25, 0.3) is 0 Å². The third kappa shape index (κ3) is 56.8. The van der Waals surface area contributed by atoms with Crippen LogP contribution in [0.5, 0.6) is 23.0 Å². The minimum atomic E-state index is -0.706. The molecule has 0 aliphatic heterocycles. The Balaban J connectivity index is -0.000000679. The predicted molar refractivity (Wildman–Crippen MR) is 510 cm³/mol. The molecule has 6 rings (SSSR count). The Hall–Kier alpha value is -9.93. The van der Waals surface area contributed by atoms with Crippen molar-refractivity contribution in [3.63, 3.8) is 0 Å². The van der Waals surface area contributed by atoms with Gasteiger partial charge in [0.1, 0.15) is 34.6 Å². The number of ether oxygens (including phenoxy) is 10. The number of carbonyl (C=O) groups is 11. The summed E-state index contributed by atoms with van der Waals surface area (Å²) < 4.78 is 50.0. The summed E-state index contributed by atoms with van der Waals surface area (Å²) in [5, 5.41) is 8.18. The first-order valence-electron chi connectivity index (χ1n) is 43.8. The minimum Gasteiger partial charge on any atom is -0.497 e. The summed E-state index contributed by atoms with van der Waals surface area (Å²) in [6, 6.07) is 39.4. The maximum atomic E-state index is 11.9. The fourth-order valence-electron chi connectivity index (χ4n) is 10.0. The Labute approximate surface area is 766 Å². The van der Waals surface area contributed by atoms with Gasteiger partial charge in [0.2, 0.25) is 0 Å². The van der Waals surface area contributed by atoms with Gasteiger partial charge in [0.05, 0.1) is 101 Å². The van der Waals surface area contributed by atoms with E-state index in [1.54, 1.807) is 96.0 Å². The summed E-state index contributed by atoms with van der Waals surface area (Å²) in [6.45, 7) is 42.3. The van der Waals surface area contributed by atoms with Crippen LogP contribution in [-0.2, 0) is 80.0 Å². The number of benzene rings is 6. The molecule has 0 heterocycles. The quantitative estimate of drug-likeness (QED) is 0.00936. The molecule has 0 fully saturated rings. The fraction of sp³-hybridized carbons (Fsp3) is 0.535. The van der Waals surface area contributed by atoms with Crippen molar-refractivity contribution in [3.8, 4) is 23.0 Å². The standard InChI is InChI=1S/C20H24O3.C15H19BO4.C14H18O4.C10H11BO3.C10H14.C9H18O2.2C6H11BO.C6H12O2.C5H10O2/c1-13-11-16(7-9-18(13)22-6)20(4,5)17-8-10-19(14(2)12-17)23-15(3)21;1-11(17)13-7-12(10-16)8-14(9-13)15(18)20-6-4-3-5-19-2;1-11(15)12-5-7-13(8-6-12)14(16)18-10-4-3-9-17-2;1-7(12)14-10-4-8(6-11)3-9(5-10)13-2;1-3-9(2)10-7-5-4-6-8-10;1-4-6-7-11-9(10)8(3)5-2;2*1-3-5(2)6(8)4-7;1-4-5(2)6(7)8-3;1-3-4(2)5(6)7/h7-12H,1-6H3;7-9H,3-6,10H2,1-2H3;5-8H,3-4,9-10H2,1-2H3;3-5H,6H2,1-2H3;4-9H,3H2,1-2H3;8H,4-7H2,1-3H3;2*5H,3-4H2,1-2H3;5H,4H2,1-3H3;4H,3H2,1-2H3,(H,6,7). The van der Waals surface area contributed by atoms with Crippen LogP contribution in [0.25, 0.3) is 0 Å². The third-order valence-electron chi connectivity index (χ3n) is 20.0. The average Bonchev–Trinajstić information content (AvgIpc) is 0.788. The highest BCUT2D eigenvalue weighted by Gasteiger charge is 2.25. The van der Waals surface area contributed by atoms with Gasteiger partial charge in [-0.2, -0.15) is 0 Å². The number of methoxy groups -OCH3 is 5. The van der Waals surface area contributed by atoms with Crippen molar-refractivity contribution in [2.45, 2.75) is 259 Å². The summed E-state index contributed by atoms with van der Waals surface area (Å²) in [6.07, 6.45) is 11.8. The Morgan fingerprint density at radius 3 is 1.16 bits per heavy atom. The normalized spacial score (nSPS) is 11.5. The number of Topliss-reactive ketones (excluding diaryl/α,β-unsaturated/α-hetero) is 4. The zero-order valence-corrected chi connectivity index (χ0v) is 81.3. The lowest BCUT2D eigenvalue weighted by atomic mass is 9.77. The molecule has 1 N–H and O–H groups in total. The topological polar surface area (TPSA) is 300 Å². The molecule has 0 saturated carbocycles. The van der Waals surface area contributed by atoms with Crippen molar-refractivity contribution in [2.24, 2.45) is 29.6 Å². The minimum absolute atomic E-state index is 0.0190. The number of aryl methyl sites for hydroxylation is 2. The Bertz CT molecular complexity index is 4030. The van der Waals surface area contributed by atoms with Crippen LogP contribution in [0, 0.1) is 43.4 Å². The van der Waals surface area contributed by atoms with Gasteiger partial charge in [-0.15, -0.1) is 0 Å². The fourth-order valence-corrected chi connectivity index (χ4v) is 10.0. The van der Waals surface area contributed by atoms with E-state index in [1.807, 2.05) is 94.4 Å². The lowest BCUT2D eigenvalue weighted by molar-refractivity contribution is -0.148. The van der Waals surface area contributed by atoms with E-state index in [0.29, 0.717) is 84.8 Å². The summed E-state index contributed by atoms with van der Waals surface area (Å²) >= 11 is 0. The highest BCUT2D eigenvalue weighted by atomic mass is 16.6. The number of rotatable bonds is 39. The van der Waals surface area contributed by atoms with E-state index in [2.05, 4.69) is 87.9 Å². The van der Waals surface area contributed by atoms with Crippen LogP contribution >= 0.6 is 0 Å². The average molecular weight is 1760 g/mol. The molecule has 0 amide bonds. The molecule has 6 atom stereocenters. The molecule has 6 aromatic rings. The molecule has 0 saturated heterocycles. The smallest absolute Gasteiger partial charge is 0.338 e. The number of unbranched alkanes of at least 4 members (excludes halogenated alkanes) is 3. The van der Waals surface area contributed by atoms with Crippen LogP contribution in [0.1, 0.15) is 295 Å². The second kappa shape index (κ2) is 74.0. The van der Waals surface area contributed by atoms with Crippen molar-refractivity contribution >= 4 is 96.3 Å². The van der Waals surface area contributed by atoms with E-state index in [1.165, 1.54) is 57.9 Å². The van der Waals surface area contributed by atoms with Gasteiger partial charge in [0.15, 0.2) is 11.6 Å². The number of ketones is 4. The summed E-state index contributed by atoms with van der Waals surface area (Å²) in [5.74, 6) is 1.41. The van der Waals surface area contributed by atoms with Gasteiger partial charge >= 0.3 is 41.8 Å². The highest BCUT2D eigenvalue weighted by Crippen LogP contribution is 2.36. The summed E-state index contributed by atoms with van der Waals surface area (Å²) in [4.78, 5) is 121. The monoisotopic (exact) mass is 1760 g/mol. The molecule has 0 aromatic heterocycles. The molecule has 6 unspecified atom stereocenters. The van der Waals surface area contributed by atoms with Crippen LogP contribution in [0.3, 0.4) is 0 Å². The number of carboxylic acids is 1. The van der Waals surface area contributed by atoms with Crippen LogP contribution < -0.4 is 18.9 Å². The van der Waals surface area contributed by atoms with E-state index in [0.717, 1.165) is 98.6 Å². The highest BCUT2D eigenvalue weighted by molar-refractivity contribution is 6.20. The molecule has 696 valence electrons. The van der Waals surface area contributed by atoms with Crippen molar-refractivity contribution in [2.75, 3.05) is 68.6 Å². The molecular formula is C101H148B4O22. The number of hydrogen-bond donors (Lipinski definition) is 1. The molecule has 22 nitrogen and oxygen atoms in total. The Morgan fingerprint density at radius 2 is 0.803 bits per heavy atom. The Morgan fingerprint density at radius 1 is 0.394 bits per heavy atom. The number of hydrogen-bond acceptors (Lipinski definition) is 21. The van der Waals surface area contributed by atoms with Gasteiger partial charge in [-0.1, -0.05) is 195 Å². The van der Waals surface area contributed by atoms with E-state index < -0.39 is 11.9 Å². The number of esters is 6. The maximum absolute atomic E-state index is 11.9. The third-order valence-corrected chi connectivity index (χ3v) is 20.0. The van der Waals surface area contributed by atoms with Crippen LogP contribution in [0.4, 0.5) is 0 Å². The van der Waals surface area contributed by atoms with Crippen molar-refractivity contribution in [1.82, 2.24) is 0 Å². The number of carbonyl (C=O) groups excluding carboxylic acids is 10. The SMILES string of the molecule is CCC(C)C(=O)O.CCC(C)C(=O)OC.CCC(C)c1ccccc1.CCCCOC(=O)C(C)CC.COCCCCOC(=O)c1ccc(C(C)=O)cc1.COc1ccc(C(C)(C)c2ccc(OC(C)=O)c(C)c2)cc1C.[B]CC(=O)C(C)CC.[B]CC(=O)C(C)CC.[B]Cc1cc(C(C)=O)cc(C(=O)OCCCCOC)c1.[B]Cc1cc(OC)cc(OC(C)=O)c1. The van der Waals surface area contributed by atoms with Gasteiger partial charge in [0, 0.05) is 75.7 Å². The molecule has 0 bridgehead atoms. The van der Waals surface area contributed by atoms with Crippen LogP contribution in [0.15, 0.2) is 127 Å². The number of carboxylic acid groups (broad SMARTS) is 1. The Kier molecular flexibility index (Phi) is 71.9. The molecule has 6 aromatic carbocycles. The van der Waals surface area contributed by atoms with Crippen molar-refractivity contribution < 1.29 is 105 Å². The van der Waals surface area contributed by atoms with Gasteiger partial charge in [-0.3, -0.25) is 33.6 Å². The van der Waals surface area contributed by atoms with Crippen molar-refractivity contribution in [1.29, 1.82) is 0 Å². The van der Waals surface area contributed by atoms with E-state index in [9.17, 15) is 52.7 Å². The number of aliphatic carboxylic acids is 1. The van der Waals surface area contributed by atoms with E-state index >= 15 is 0 Å². The first kappa shape index (κ1) is 123. The van der Waals surface area contributed by atoms with Gasteiger partial charge in [-0.05, 0) is 205 Å². The van der Waals surface area contributed by atoms with E-state index in [4.69, 9.17) is 79.1 Å². The first-order valence-corrected chi connectivity index (χ1v) is 43.8. The lowest BCUT2D eigenvalue weighted by Crippen LogP contribution is -2.19. The predicted octanol–water partition coefficient (Wildman–Crippen LogP) is 20.7. The zero-order chi connectivity index (χ0) is 97.7. The molecule has 0 aliphatic carbocycles. The molecule has 127 heavy (non-hydrogen) atoms. The second-order valence-electron chi connectivity index (χ2n) is 30.7. The maximum Gasteiger partial charge on any atom is 0.338 e. The zero-order valence-electron chi connectivity index (χ0n) is 81.3. The largest absolute Gasteiger partial charge is 0.497 e. The van der Waals surface area contributed by atoms with Crippen LogP contribution in [0.2, 0.25) is 12.6 Å². The van der Waals surface area contributed by atoms with Crippen LogP contribution in [-0.4, -0.2) is 170 Å².